The fraction of sp³-hybridized carbons (Fsp3) is 0.400. The molecule has 1 atom stereocenters. The van der Waals surface area contributed by atoms with E-state index in [4.69, 9.17) is 23.2 Å². The van der Waals surface area contributed by atoms with Crippen molar-refractivity contribution in [2.45, 2.75) is 31.7 Å². The molecule has 1 fully saturated rings. The third-order valence-corrected chi connectivity index (χ3v) is 4.22. The van der Waals surface area contributed by atoms with Crippen LogP contribution in [-0.4, -0.2) is 36.0 Å². The van der Waals surface area contributed by atoms with Crippen molar-refractivity contribution in [3.05, 3.63) is 33.8 Å². The molecule has 0 spiro atoms. The second-order valence-electron chi connectivity index (χ2n) is 4.98. The van der Waals surface area contributed by atoms with Gasteiger partial charge in [-0.05, 0) is 43.7 Å². The summed E-state index contributed by atoms with van der Waals surface area (Å²) in [7, 11) is 0. The summed E-state index contributed by atoms with van der Waals surface area (Å²) in [4.78, 5) is 28.9. The van der Waals surface area contributed by atoms with E-state index in [1.807, 2.05) is 6.07 Å². The predicted octanol–water partition coefficient (Wildman–Crippen LogP) is 3.14. The van der Waals surface area contributed by atoms with Crippen molar-refractivity contribution in [1.82, 2.24) is 4.90 Å². The SMILES string of the molecule is C=NC(=O)[C@@H]1CCCN1C(=O)CCc1ccc(Cl)cc1Cl. The van der Waals surface area contributed by atoms with Gasteiger partial charge in [-0.1, -0.05) is 29.3 Å². The third kappa shape index (κ3) is 3.83. The molecule has 1 aromatic carbocycles. The van der Waals surface area contributed by atoms with Gasteiger partial charge in [-0.3, -0.25) is 9.59 Å². The number of carbonyl (C=O) groups is 2. The van der Waals surface area contributed by atoms with Crippen molar-refractivity contribution in [1.29, 1.82) is 0 Å². The Balaban J connectivity index is 1.98. The summed E-state index contributed by atoms with van der Waals surface area (Å²) in [6.45, 7) is 3.84. The molecule has 2 amide bonds. The highest BCUT2D eigenvalue weighted by Crippen LogP contribution is 2.24. The van der Waals surface area contributed by atoms with Crippen molar-refractivity contribution in [3.63, 3.8) is 0 Å². The molecule has 21 heavy (non-hydrogen) atoms. The molecule has 0 radical (unpaired) electrons. The van der Waals surface area contributed by atoms with E-state index in [2.05, 4.69) is 11.7 Å². The molecule has 1 heterocycles. The molecule has 1 aliphatic rings. The minimum absolute atomic E-state index is 0.0551. The monoisotopic (exact) mass is 326 g/mol. The molecular formula is C15H16Cl2N2O2. The number of benzene rings is 1. The molecule has 0 aromatic heterocycles. The van der Waals surface area contributed by atoms with Crippen LogP contribution >= 0.6 is 23.2 Å². The zero-order chi connectivity index (χ0) is 15.4. The first kappa shape index (κ1) is 16.0. The Kier molecular flexibility index (Phi) is 5.37. The molecule has 0 aliphatic carbocycles. The molecule has 1 aliphatic heterocycles. The van der Waals surface area contributed by atoms with Crippen LogP contribution in [0.2, 0.25) is 10.0 Å². The lowest BCUT2D eigenvalue weighted by Gasteiger charge is -2.22. The Labute approximate surface area is 133 Å². The Morgan fingerprint density at radius 3 is 2.81 bits per heavy atom. The molecule has 1 aromatic rings. The van der Waals surface area contributed by atoms with Gasteiger partial charge in [0.15, 0.2) is 0 Å². The lowest BCUT2D eigenvalue weighted by Crippen LogP contribution is -2.39. The molecule has 2 rings (SSSR count). The molecule has 4 nitrogen and oxygen atoms in total. The van der Waals surface area contributed by atoms with Crippen LogP contribution in [0.5, 0.6) is 0 Å². The van der Waals surface area contributed by atoms with Crippen LogP contribution in [0, 0.1) is 0 Å². The van der Waals surface area contributed by atoms with E-state index in [9.17, 15) is 9.59 Å². The van der Waals surface area contributed by atoms with Crippen molar-refractivity contribution in [2.75, 3.05) is 6.54 Å². The normalized spacial score (nSPS) is 17.8. The fourth-order valence-corrected chi connectivity index (χ4v) is 3.04. The molecule has 112 valence electrons. The first-order valence-corrected chi connectivity index (χ1v) is 7.52. The first-order chi connectivity index (χ1) is 10.0. The van der Waals surface area contributed by atoms with Crippen LogP contribution in [0.25, 0.3) is 0 Å². The van der Waals surface area contributed by atoms with E-state index < -0.39 is 6.04 Å². The molecular weight excluding hydrogens is 311 g/mol. The maximum atomic E-state index is 12.3. The van der Waals surface area contributed by atoms with Crippen LogP contribution in [0.15, 0.2) is 23.2 Å². The van der Waals surface area contributed by atoms with E-state index in [1.165, 1.54) is 0 Å². The summed E-state index contributed by atoms with van der Waals surface area (Å²) in [5.41, 5.74) is 0.873. The highest BCUT2D eigenvalue weighted by atomic mass is 35.5. The maximum Gasteiger partial charge on any atom is 0.267 e. The van der Waals surface area contributed by atoms with Gasteiger partial charge in [-0.2, -0.15) is 0 Å². The van der Waals surface area contributed by atoms with Gasteiger partial charge in [0.25, 0.3) is 5.91 Å². The highest BCUT2D eigenvalue weighted by molar-refractivity contribution is 6.35. The minimum Gasteiger partial charge on any atom is -0.331 e. The average molecular weight is 327 g/mol. The first-order valence-electron chi connectivity index (χ1n) is 6.77. The average Bonchev–Trinajstić information content (AvgIpc) is 2.94. The number of aliphatic imine (C=N–C) groups is 1. The number of amides is 2. The van der Waals surface area contributed by atoms with Crippen molar-refractivity contribution in [3.8, 4) is 0 Å². The number of hydrogen-bond donors (Lipinski definition) is 0. The van der Waals surface area contributed by atoms with Crippen LogP contribution in [0.1, 0.15) is 24.8 Å². The molecule has 1 saturated heterocycles. The van der Waals surface area contributed by atoms with Crippen LogP contribution < -0.4 is 0 Å². The summed E-state index contributed by atoms with van der Waals surface area (Å²) in [5, 5.41) is 1.12. The van der Waals surface area contributed by atoms with E-state index in [-0.39, 0.29) is 11.8 Å². The number of carbonyl (C=O) groups excluding carboxylic acids is 2. The highest BCUT2D eigenvalue weighted by Gasteiger charge is 2.33. The van der Waals surface area contributed by atoms with Gasteiger partial charge >= 0.3 is 0 Å². The number of aryl methyl sites for hydroxylation is 1. The van der Waals surface area contributed by atoms with E-state index in [0.29, 0.717) is 35.9 Å². The number of hydrogen-bond acceptors (Lipinski definition) is 2. The van der Waals surface area contributed by atoms with Crippen LogP contribution in [0.3, 0.4) is 0 Å². The van der Waals surface area contributed by atoms with Crippen molar-refractivity contribution < 1.29 is 9.59 Å². The summed E-state index contributed by atoms with van der Waals surface area (Å²) in [5.74, 6) is -0.383. The predicted molar refractivity (Wildman–Crippen MR) is 84.1 cm³/mol. The number of likely N-dealkylation sites (tertiary alicyclic amines) is 1. The Bertz CT molecular complexity index is 575. The smallest absolute Gasteiger partial charge is 0.267 e. The summed E-state index contributed by atoms with van der Waals surface area (Å²) in [6, 6.07) is 4.77. The topological polar surface area (TPSA) is 49.7 Å². The van der Waals surface area contributed by atoms with Gasteiger partial charge in [0.2, 0.25) is 5.91 Å². The number of rotatable bonds is 4. The van der Waals surface area contributed by atoms with E-state index in [1.54, 1.807) is 17.0 Å². The Morgan fingerprint density at radius 1 is 1.38 bits per heavy atom. The quantitative estimate of drug-likeness (QED) is 0.798. The second kappa shape index (κ2) is 7.05. The Hall–Kier alpha value is -1.39. The van der Waals surface area contributed by atoms with Crippen molar-refractivity contribution in [2.24, 2.45) is 4.99 Å². The van der Waals surface area contributed by atoms with E-state index in [0.717, 1.165) is 12.0 Å². The second-order valence-corrected chi connectivity index (χ2v) is 5.82. The van der Waals surface area contributed by atoms with Crippen LogP contribution in [-0.2, 0) is 16.0 Å². The maximum absolute atomic E-state index is 12.3. The number of halogens is 2. The van der Waals surface area contributed by atoms with Gasteiger partial charge in [0.05, 0.1) is 0 Å². The molecule has 6 heteroatoms. The fourth-order valence-electron chi connectivity index (χ4n) is 2.54. The van der Waals surface area contributed by atoms with Crippen molar-refractivity contribution >= 4 is 41.7 Å². The summed E-state index contributed by atoms with van der Waals surface area (Å²) < 4.78 is 0. The van der Waals surface area contributed by atoms with Crippen LogP contribution in [0.4, 0.5) is 0 Å². The van der Waals surface area contributed by atoms with Gasteiger partial charge < -0.3 is 4.90 Å². The third-order valence-electron chi connectivity index (χ3n) is 3.64. The van der Waals surface area contributed by atoms with Gasteiger partial charge in [0.1, 0.15) is 6.04 Å². The van der Waals surface area contributed by atoms with Gasteiger partial charge in [-0.15, -0.1) is 0 Å². The zero-order valence-corrected chi connectivity index (χ0v) is 13.0. The van der Waals surface area contributed by atoms with Gasteiger partial charge in [-0.25, -0.2) is 4.99 Å². The molecule has 0 saturated carbocycles. The molecule has 0 N–H and O–H groups in total. The Morgan fingerprint density at radius 2 is 2.14 bits per heavy atom. The van der Waals surface area contributed by atoms with Gasteiger partial charge in [0, 0.05) is 23.0 Å². The largest absolute Gasteiger partial charge is 0.331 e. The lowest BCUT2D eigenvalue weighted by molar-refractivity contribution is -0.137. The molecule has 0 bridgehead atoms. The molecule has 0 unspecified atom stereocenters. The summed E-state index contributed by atoms with van der Waals surface area (Å²) in [6.07, 6.45) is 2.31. The summed E-state index contributed by atoms with van der Waals surface area (Å²) >= 11 is 11.9. The lowest BCUT2D eigenvalue weighted by atomic mass is 10.1. The minimum atomic E-state index is -0.448. The zero-order valence-electron chi connectivity index (χ0n) is 11.5. The number of nitrogens with zero attached hydrogens (tertiary/aromatic N) is 2. The van der Waals surface area contributed by atoms with E-state index >= 15 is 0 Å². The standard InChI is InChI=1S/C15H16Cl2N2O2/c1-18-15(21)13-3-2-8-19(13)14(20)7-5-10-4-6-11(16)9-12(10)17/h4,6,9,13H,1-3,5,7-8H2/t13-/m0/s1.